The van der Waals surface area contributed by atoms with Crippen LogP contribution in [0.1, 0.15) is 11.3 Å². The van der Waals surface area contributed by atoms with Gasteiger partial charge in [0.25, 0.3) is 0 Å². The highest BCUT2D eigenvalue weighted by Gasteiger charge is 2.14. The molecule has 2 heterocycles. The van der Waals surface area contributed by atoms with Crippen molar-refractivity contribution in [2.75, 3.05) is 5.73 Å². The van der Waals surface area contributed by atoms with Gasteiger partial charge < -0.3 is 15.2 Å². The van der Waals surface area contributed by atoms with E-state index < -0.39 is 0 Å². The molecular weight excluding hydrogens is 214 g/mol. The maximum Gasteiger partial charge on any atom is 0.171 e. The molecule has 0 fully saturated rings. The predicted octanol–water partition coefficient (Wildman–Crippen LogP) is 3.02. The van der Waals surface area contributed by atoms with Crippen LogP contribution in [0.3, 0.4) is 0 Å². The van der Waals surface area contributed by atoms with Gasteiger partial charge in [-0.15, -0.1) is 0 Å². The Kier molecular flexibility index (Phi) is 1.98. The Morgan fingerprint density at radius 2 is 2.06 bits per heavy atom. The third-order valence-corrected chi connectivity index (χ3v) is 2.92. The lowest BCUT2D eigenvalue weighted by Crippen LogP contribution is -1.80. The van der Waals surface area contributed by atoms with Gasteiger partial charge in [-0.25, -0.2) is 0 Å². The van der Waals surface area contributed by atoms with Crippen LogP contribution in [0.25, 0.3) is 22.2 Å². The van der Waals surface area contributed by atoms with Gasteiger partial charge in [0.05, 0.1) is 0 Å². The molecular formula is C13H13N3O. The minimum Gasteiger partial charge on any atom is -0.381 e. The van der Waals surface area contributed by atoms with Gasteiger partial charge >= 0.3 is 0 Å². The molecule has 0 radical (unpaired) electrons. The van der Waals surface area contributed by atoms with E-state index in [1.165, 1.54) is 5.56 Å². The highest BCUT2D eigenvalue weighted by Crippen LogP contribution is 2.33. The molecule has 0 aliphatic rings. The summed E-state index contributed by atoms with van der Waals surface area (Å²) >= 11 is 0. The second kappa shape index (κ2) is 3.38. The SMILES string of the molecule is Cc1ccc2[nH]c(C)c(-c3cc(N)no3)c2c1. The fourth-order valence-electron chi connectivity index (χ4n) is 2.16. The zero-order chi connectivity index (χ0) is 12.0. The first-order valence-electron chi connectivity index (χ1n) is 5.46. The largest absolute Gasteiger partial charge is 0.381 e. The standard InChI is InChI=1S/C13H13N3O/c1-7-3-4-10-9(5-7)13(8(2)15-10)11-6-12(14)16-17-11/h3-6,15H,1-2H3,(H2,14,16). The van der Waals surface area contributed by atoms with E-state index in [4.69, 9.17) is 10.3 Å². The Morgan fingerprint density at radius 3 is 2.76 bits per heavy atom. The molecule has 0 saturated heterocycles. The molecule has 17 heavy (non-hydrogen) atoms. The van der Waals surface area contributed by atoms with Gasteiger partial charge in [-0.3, -0.25) is 0 Å². The lowest BCUT2D eigenvalue weighted by Gasteiger charge is -1.96. The van der Waals surface area contributed by atoms with Crippen molar-refractivity contribution in [3.05, 3.63) is 35.5 Å². The summed E-state index contributed by atoms with van der Waals surface area (Å²) < 4.78 is 5.24. The van der Waals surface area contributed by atoms with Crippen LogP contribution in [-0.4, -0.2) is 10.1 Å². The Labute approximate surface area is 98.4 Å². The van der Waals surface area contributed by atoms with E-state index in [-0.39, 0.29) is 0 Å². The van der Waals surface area contributed by atoms with Gasteiger partial charge in [0.1, 0.15) is 0 Å². The van der Waals surface area contributed by atoms with E-state index in [0.29, 0.717) is 11.6 Å². The number of aromatic amines is 1. The molecule has 0 aliphatic carbocycles. The number of rotatable bonds is 1. The Balaban J connectivity index is 2.34. The third-order valence-electron chi connectivity index (χ3n) is 2.92. The van der Waals surface area contributed by atoms with Crippen molar-refractivity contribution in [3.63, 3.8) is 0 Å². The molecule has 1 aromatic carbocycles. The van der Waals surface area contributed by atoms with Crippen molar-refractivity contribution in [2.24, 2.45) is 0 Å². The number of fused-ring (bicyclic) bond motifs is 1. The molecule has 86 valence electrons. The monoisotopic (exact) mass is 227 g/mol. The average molecular weight is 227 g/mol. The molecule has 0 unspecified atom stereocenters. The number of hydrogen-bond donors (Lipinski definition) is 2. The topological polar surface area (TPSA) is 67.8 Å². The fraction of sp³-hybridized carbons (Fsp3) is 0.154. The van der Waals surface area contributed by atoms with Crippen LogP contribution in [0.15, 0.2) is 28.8 Å². The van der Waals surface area contributed by atoms with E-state index in [1.807, 2.05) is 6.92 Å². The van der Waals surface area contributed by atoms with E-state index >= 15 is 0 Å². The molecule has 0 amide bonds. The second-order valence-corrected chi connectivity index (χ2v) is 4.29. The summed E-state index contributed by atoms with van der Waals surface area (Å²) in [5.74, 6) is 1.11. The lowest BCUT2D eigenvalue weighted by atomic mass is 10.1. The van der Waals surface area contributed by atoms with Crippen molar-refractivity contribution in [1.29, 1.82) is 0 Å². The average Bonchev–Trinajstić information content (AvgIpc) is 2.81. The summed E-state index contributed by atoms with van der Waals surface area (Å²) in [6.45, 7) is 4.09. The Morgan fingerprint density at radius 1 is 1.24 bits per heavy atom. The number of nitrogens with one attached hydrogen (secondary N) is 1. The van der Waals surface area contributed by atoms with Crippen LogP contribution in [0, 0.1) is 13.8 Å². The molecule has 3 aromatic rings. The summed E-state index contributed by atoms with van der Waals surface area (Å²) in [6, 6.07) is 8.03. The maximum atomic E-state index is 5.59. The van der Waals surface area contributed by atoms with Gasteiger partial charge in [-0.05, 0) is 26.0 Å². The number of anilines is 1. The molecule has 0 spiro atoms. The number of nitrogens with zero attached hydrogens (tertiary/aromatic N) is 1. The number of hydrogen-bond acceptors (Lipinski definition) is 3. The zero-order valence-electron chi connectivity index (χ0n) is 9.74. The van der Waals surface area contributed by atoms with Gasteiger partial charge in [-0.2, -0.15) is 0 Å². The maximum absolute atomic E-state index is 5.59. The van der Waals surface area contributed by atoms with Crippen molar-refractivity contribution in [3.8, 4) is 11.3 Å². The summed E-state index contributed by atoms with van der Waals surface area (Å²) in [4.78, 5) is 3.33. The highest BCUT2D eigenvalue weighted by molar-refractivity contribution is 5.96. The number of benzene rings is 1. The van der Waals surface area contributed by atoms with Crippen LogP contribution in [-0.2, 0) is 0 Å². The molecule has 4 nitrogen and oxygen atoms in total. The molecule has 0 atom stereocenters. The minimum absolute atomic E-state index is 0.404. The van der Waals surface area contributed by atoms with Crippen LogP contribution in [0.5, 0.6) is 0 Å². The zero-order valence-corrected chi connectivity index (χ0v) is 9.74. The first kappa shape index (κ1) is 9.96. The summed E-state index contributed by atoms with van der Waals surface area (Å²) in [5, 5.41) is 4.87. The summed E-state index contributed by atoms with van der Waals surface area (Å²) in [7, 11) is 0. The molecule has 0 aliphatic heterocycles. The third kappa shape index (κ3) is 1.49. The molecule has 4 heteroatoms. The van der Waals surface area contributed by atoms with E-state index in [9.17, 15) is 0 Å². The Hall–Kier alpha value is -2.23. The van der Waals surface area contributed by atoms with Gasteiger partial charge in [-0.1, -0.05) is 16.8 Å². The summed E-state index contributed by atoms with van der Waals surface area (Å²) in [5.41, 5.74) is 9.99. The number of H-pyrrole nitrogens is 1. The number of nitrogen functional groups attached to an aromatic ring is 1. The van der Waals surface area contributed by atoms with Crippen molar-refractivity contribution in [1.82, 2.24) is 10.1 Å². The van der Waals surface area contributed by atoms with Gasteiger partial charge in [0, 0.05) is 28.2 Å². The lowest BCUT2D eigenvalue weighted by molar-refractivity contribution is 0.436. The van der Waals surface area contributed by atoms with E-state index in [1.54, 1.807) is 6.07 Å². The van der Waals surface area contributed by atoms with E-state index in [2.05, 4.69) is 35.3 Å². The van der Waals surface area contributed by atoms with Crippen molar-refractivity contribution < 1.29 is 4.52 Å². The normalized spacial score (nSPS) is 11.2. The fourth-order valence-corrected chi connectivity index (χ4v) is 2.16. The van der Waals surface area contributed by atoms with Gasteiger partial charge in [0.15, 0.2) is 11.6 Å². The number of aryl methyl sites for hydroxylation is 2. The minimum atomic E-state index is 0.404. The number of aromatic nitrogens is 2. The summed E-state index contributed by atoms with van der Waals surface area (Å²) in [6.07, 6.45) is 0. The first-order valence-corrected chi connectivity index (χ1v) is 5.46. The second-order valence-electron chi connectivity index (χ2n) is 4.29. The van der Waals surface area contributed by atoms with Crippen molar-refractivity contribution >= 4 is 16.7 Å². The smallest absolute Gasteiger partial charge is 0.171 e. The first-order chi connectivity index (χ1) is 8.15. The van der Waals surface area contributed by atoms with Crippen LogP contribution in [0.2, 0.25) is 0 Å². The molecule has 2 aromatic heterocycles. The molecule has 3 rings (SSSR count). The predicted molar refractivity (Wildman–Crippen MR) is 67.7 cm³/mol. The van der Waals surface area contributed by atoms with Crippen LogP contribution < -0.4 is 5.73 Å². The highest BCUT2D eigenvalue weighted by atomic mass is 16.5. The van der Waals surface area contributed by atoms with Crippen LogP contribution in [0.4, 0.5) is 5.82 Å². The molecule has 0 bridgehead atoms. The molecule has 0 saturated carbocycles. The van der Waals surface area contributed by atoms with Crippen LogP contribution >= 0.6 is 0 Å². The van der Waals surface area contributed by atoms with Gasteiger partial charge in [0.2, 0.25) is 0 Å². The van der Waals surface area contributed by atoms with E-state index in [0.717, 1.165) is 22.2 Å². The Bertz CT molecular complexity index is 694. The molecule has 3 N–H and O–H groups in total. The van der Waals surface area contributed by atoms with Crippen molar-refractivity contribution in [2.45, 2.75) is 13.8 Å². The quantitative estimate of drug-likeness (QED) is 0.671. The number of nitrogens with two attached hydrogens (primary N) is 1.